The third-order valence-corrected chi connectivity index (χ3v) is 8.39. The highest BCUT2D eigenvalue weighted by atomic mass is 79.9. The number of amides is 3. The van der Waals surface area contributed by atoms with Crippen molar-refractivity contribution in [1.82, 2.24) is 5.32 Å². The molecule has 2 heterocycles. The molecule has 0 bridgehead atoms. The predicted octanol–water partition coefficient (Wildman–Crippen LogP) is 6.30. The summed E-state index contributed by atoms with van der Waals surface area (Å²) in [6.45, 7) is 6.13. The number of halogens is 3. The second-order valence-corrected chi connectivity index (χ2v) is 12.8. The van der Waals surface area contributed by atoms with Crippen molar-refractivity contribution in [3.8, 4) is 0 Å². The number of rotatable bonds is 5. The van der Waals surface area contributed by atoms with Gasteiger partial charge in [-0.25, -0.2) is 9.18 Å². The van der Waals surface area contributed by atoms with Crippen LogP contribution in [0.2, 0.25) is 5.02 Å². The fourth-order valence-electron chi connectivity index (χ4n) is 5.95. The maximum atomic E-state index is 15.9. The summed E-state index contributed by atoms with van der Waals surface area (Å²) in [5.74, 6) is -2.44. The normalized spacial score (nSPS) is 23.3. The number of carbonyl (C=O) groups is 3. The quantitative estimate of drug-likeness (QED) is 0.260. The van der Waals surface area contributed by atoms with Crippen molar-refractivity contribution < 1.29 is 23.5 Å². The van der Waals surface area contributed by atoms with Crippen molar-refractivity contribution >= 4 is 56.8 Å². The van der Waals surface area contributed by atoms with Crippen LogP contribution in [0.15, 0.2) is 65.1 Å². The Morgan fingerprint density at radius 3 is 2.51 bits per heavy atom. The minimum absolute atomic E-state index is 0.213. The number of anilines is 2. The third-order valence-electron chi connectivity index (χ3n) is 7.54. The number of hydrogen-bond donors (Lipinski definition) is 4. The zero-order valence-corrected chi connectivity index (χ0v) is 24.9. The zero-order chi connectivity index (χ0) is 29.7. The van der Waals surface area contributed by atoms with E-state index in [4.69, 9.17) is 22.1 Å². The minimum Gasteiger partial charge on any atom is -0.429 e. The second kappa shape index (κ2) is 10.7. The number of fused-ring (bicyclic) bond motifs is 2. The summed E-state index contributed by atoms with van der Waals surface area (Å²) >= 11 is 9.55. The molecule has 11 heteroatoms. The molecule has 8 nitrogen and oxygen atoms in total. The first-order chi connectivity index (χ1) is 19.3. The van der Waals surface area contributed by atoms with Gasteiger partial charge in [0.15, 0.2) is 6.23 Å². The Morgan fingerprint density at radius 2 is 1.85 bits per heavy atom. The van der Waals surface area contributed by atoms with E-state index in [2.05, 4.69) is 31.9 Å². The van der Waals surface area contributed by atoms with Crippen LogP contribution < -0.4 is 21.7 Å². The molecule has 1 fully saturated rings. The van der Waals surface area contributed by atoms with Crippen LogP contribution in [0.4, 0.5) is 20.6 Å². The Kier molecular flexibility index (Phi) is 7.61. The first-order valence-corrected chi connectivity index (χ1v) is 14.2. The van der Waals surface area contributed by atoms with Gasteiger partial charge in [0.2, 0.25) is 11.8 Å². The molecular weight excluding hydrogens is 615 g/mol. The fourth-order valence-corrected chi connectivity index (χ4v) is 6.50. The van der Waals surface area contributed by atoms with Gasteiger partial charge in [0.1, 0.15) is 11.2 Å². The number of benzene rings is 3. The van der Waals surface area contributed by atoms with Crippen LogP contribution in [0.3, 0.4) is 0 Å². The highest BCUT2D eigenvalue weighted by molar-refractivity contribution is 9.10. The van der Waals surface area contributed by atoms with Crippen LogP contribution in [-0.4, -0.2) is 30.2 Å². The summed E-state index contributed by atoms with van der Waals surface area (Å²) in [7, 11) is 0. The summed E-state index contributed by atoms with van der Waals surface area (Å²) in [5, 5.41) is 9.42. The lowest BCUT2D eigenvalue weighted by Gasteiger charge is -2.37. The molecule has 0 aromatic heterocycles. The topological polar surface area (TPSA) is 123 Å². The Bertz CT molecular complexity index is 1540. The van der Waals surface area contributed by atoms with Gasteiger partial charge >= 0.3 is 6.09 Å². The van der Waals surface area contributed by atoms with Crippen molar-refractivity contribution in [2.24, 2.45) is 11.1 Å². The summed E-state index contributed by atoms with van der Waals surface area (Å²) in [6.07, 6.45) is -1.41. The van der Waals surface area contributed by atoms with Crippen molar-refractivity contribution in [1.29, 1.82) is 0 Å². The Hall–Kier alpha value is -3.47. The summed E-state index contributed by atoms with van der Waals surface area (Å²) in [6, 6.07) is 15.4. The SMILES string of the molecule is CC(C)(C)C[C@@H]1N[C@H](OC(=O)Nc2ccc(C(N)=O)cc2)[C@H](c2cccc(Br)c2F)[C@]12C(=O)Nc1cc(Cl)ccc12. The van der Waals surface area contributed by atoms with E-state index in [1.807, 2.05) is 20.8 Å². The van der Waals surface area contributed by atoms with Gasteiger partial charge in [0.05, 0.1) is 10.4 Å². The number of nitrogens with one attached hydrogen (secondary N) is 3. The van der Waals surface area contributed by atoms with E-state index < -0.39 is 41.4 Å². The highest BCUT2D eigenvalue weighted by Crippen LogP contribution is 2.57. The predicted molar refractivity (Wildman–Crippen MR) is 158 cm³/mol. The Balaban J connectivity index is 1.61. The smallest absolute Gasteiger partial charge is 0.413 e. The highest BCUT2D eigenvalue weighted by Gasteiger charge is 2.66. The molecule has 5 rings (SSSR count). The molecular formula is C30H29BrClFN4O4. The first-order valence-electron chi connectivity index (χ1n) is 13.0. The zero-order valence-electron chi connectivity index (χ0n) is 22.6. The largest absolute Gasteiger partial charge is 0.429 e. The molecule has 0 unspecified atom stereocenters. The molecule has 2 aliphatic rings. The van der Waals surface area contributed by atoms with E-state index in [1.165, 1.54) is 24.3 Å². The van der Waals surface area contributed by atoms with Gasteiger partial charge in [-0.1, -0.05) is 50.6 Å². The molecule has 0 radical (unpaired) electrons. The molecule has 41 heavy (non-hydrogen) atoms. The minimum atomic E-state index is -1.33. The van der Waals surface area contributed by atoms with Crippen LogP contribution in [0.5, 0.6) is 0 Å². The molecule has 2 aliphatic heterocycles. The number of carbonyl (C=O) groups excluding carboxylic acids is 3. The van der Waals surface area contributed by atoms with Crippen molar-refractivity contribution in [2.75, 3.05) is 10.6 Å². The van der Waals surface area contributed by atoms with E-state index >= 15 is 4.39 Å². The number of primary amides is 1. The molecule has 1 saturated heterocycles. The van der Waals surface area contributed by atoms with Gasteiger partial charge in [0.25, 0.3) is 0 Å². The molecule has 5 N–H and O–H groups in total. The van der Waals surface area contributed by atoms with Gasteiger partial charge < -0.3 is 15.8 Å². The molecule has 214 valence electrons. The molecule has 0 aliphatic carbocycles. The summed E-state index contributed by atoms with van der Waals surface area (Å²) in [5.41, 5.74) is 5.75. The van der Waals surface area contributed by atoms with Crippen LogP contribution in [0.25, 0.3) is 0 Å². The Labute approximate surface area is 250 Å². The lowest BCUT2D eigenvalue weighted by molar-refractivity contribution is -0.122. The standard InChI is InChI=1S/C30H29BrClFN4O4/c1-29(2,3)14-22-30(19-12-9-16(32)13-21(19)36-27(30)39)23(18-5-4-6-20(31)24(18)33)26(37-22)41-28(40)35-17-10-7-15(8-11-17)25(34)38/h4-13,22-23,26,37H,14H2,1-3H3,(H2,34,38)(H,35,40)(H,36,39)/t22-,23-,26+,30+/m0/s1. The molecule has 0 saturated carbocycles. The summed E-state index contributed by atoms with van der Waals surface area (Å²) in [4.78, 5) is 38.7. The van der Waals surface area contributed by atoms with Crippen molar-refractivity contribution in [2.45, 2.75) is 50.8 Å². The number of nitrogens with two attached hydrogens (primary N) is 1. The maximum absolute atomic E-state index is 15.9. The van der Waals surface area contributed by atoms with Crippen LogP contribution in [0, 0.1) is 11.2 Å². The van der Waals surface area contributed by atoms with E-state index in [1.54, 1.807) is 36.4 Å². The second-order valence-electron chi connectivity index (χ2n) is 11.5. The average Bonchev–Trinajstić information content (AvgIpc) is 3.33. The van der Waals surface area contributed by atoms with E-state index in [9.17, 15) is 14.4 Å². The Morgan fingerprint density at radius 1 is 1.15 bits per heavy atom. The number of hydrogen-bond acceptors (Lipinski definition) is 5. The molecule has 3 amide bonds. The van der Waals surface area contributed by atoms with Gasteiger partial charge in [-0.05, 0) is 81.4 Å². The van der Waals surface area contributed by atoms with E-state index in [0.29, 0.717) is 28.4 Å². The van der Waals surface area contributed by atoms with Crippen LogP contribution >= 0.6 is 27.5 Å². The lowest BCUT2D eigenvalue weighted by Crippen LogP contribution is -2.49. The monoisotopic (exact) mass is 642 g/mol. The average molecular weight is 644 g/mol. The fraction of sp³-hybridized carbons (Fsp3) is 0.300. The van der Waals surface area contributed by atoms with Gasteiger partial charge in [-0.3, -0.25) is 20.2 Å². The maximum Gasteiger partial charge on any atom is 0.413 e. The molecule has 4 atom stereocenters. The lowest BCUT2D eigenvalue weighted by atomic mass is 9.63. The molecule has 3 aromatic rings. The van der Waals surface area contributed by atoms with E-state index in [-0.39, 0.29) is 26.9 Å². The molecule has 3 aromatic carbocycles. The number of ether oxygens (including phenoxy) is 1. The molecule has 1 spiro atoms. The van der Waals surface area contributed by atoms with Crippen molar-refractivity contribution in [3.05, 3.63) is 92.7 Å². The third kappa shape index (κ3) is 5.31. The summed E-state index contributed by atoms with van der Waals surface area (Å²) < 4.78 is 22.0. The van der Waals surface area contributed by atoms with Gasteiger partial charge in [-0.2, -0.15) is 0 Å². The van der Waals surface area contributed by atoms with Crippen molar-refractivity contribution in [3.63, 3.8) is 0 Å². The first kappa shape index (κ1) is 29.0. The van der Waals surface area contributed by atoms with Crippen LogP contribution in [0.1, 0.15) is 54.6 Å². The van der Waals surface area contributed by atoms with E-state index in [0.717, 1.165) is 0 Å². The van der Waals surface area contributed by atoms with Gasteiger partial charge in [-0.15, -0.1) is 0 Å². The van der Waals surface area contributed by atoms with Gasteiger partial charge in [0, 0.05) is 28.0 Å². The van der Waals surface area contributed by atoms with Crippen LogP contribution in [-0.2, 0) is 14.9 Å².